The van der Waals surface area contributed by atoms with Gasteiger partial charge in [0, 0.05) is 19.9 Å². The Hall–Kier alpha value is -1.74. The van der Waals surface area contributed by atoms with Crippen molar-refractivity contribution in [1.29, 1.82) is 0 Å². The van der Waals surface area contributed by atoms with Crippen LogP contribution in [0.4, 0.5) is 0 Å². The van der Waals surface area contributed by atoms with E-state index in [2.05, 4.69) is 5.32 Å². The zero-order valence-corrected chi connectivity index (χ0v) is 24.7. The summed E-state index contributed by atoms with van der Waals surface area (Å²) in [5.41, 5.74) is 5.37. The molecule has 0 saturated carbocycles. The summed E-state index contributed by atoms with van der Waals surface area (Å²) in [5, 5.41) is 115. The highest BCUT2D eigenvalue weighted by Gasteiger charge is 2.57. The Morgan fingerprint density at radius 2 is 1.59 bits per heavy atom. The van der Waals surface area contributed by atoms with E-state index in [0.717, 1.165) is 6.92 Å². The summed E-state index contributed by atoms with van der Waals surface area (Å²) in [6.45, 7) is -1.70. The van der Waals surface area contributed by atoms with Gasteiger partial charge in [-0.1, -0.05) is 0 Å². The minimum absolute atomic E-state index is 0.0487. The topological polar surface area (TPSA) is 350 Å². The van der Waals surface area contributed by atoms with E-state index in [1.807, 2.05) is 0 Å². The van der Waals surface area contributed by atoms with Crippen LogP contribution in [0.15, 0.2) is 0 Å². The van der Waals surface area contributed by atoms with Crippen molar-refractivity contribution < 1.29 is 94.2 Å². The van der Waals surface area contributed by atoms with Crippen LogP contribution in [0.3, 0.4) is 0 Å². The van der Waals surface area contributed by atoms with Gasteiger partial charge in [-0.05, 0) is 0 Å². The fraction of sp³-hybridized carbons (Fsp3) is 0.920. The van der Waals surface area contributed by atoms with Crippen molar-refractivity contribution in [1.82, 2.24) is 5.32 Å². The minimum atomic E-state index is -2.83. The first-order valence-electron chi connectivity index (χ1n) is 14.4. The molecule has 0 aromatic heterocycles. The maximum absolute atomic E-state index is 12.4. The summed E-state index contributed by atoms with van der Waals surface area (Å²) in [6, 6.07) is -1.48. The van der Waals surface area contributed by atoms with Gasteiger partial charge in [0.05, 0.1) is 38.6 Å². The van der Waals surface area contributed by atoms with Crippen LogP contribution >= 0.6 is 0 Å². The SMILES string of the molecule is CC(=O)N[C@H]1[C@H]([C@H](O)[C@H](O)CO)O[C@@](OC[C@H]2O[C@@H](O[C@H]3[C@H](O)[C@@H](O)[C@H](OCCN)O[C@@H]3CO)[C@H](O)[C@@H](O)[C@H]2O)(C(=O)O)C[C@@H]1O. The number of carboxylic acids is 1. The third kappa shape index (κ3) is 8.45. The minimum Gasteiger partial charge on any atom is -0.477 e. The number of nitrogens with two attached hydrogens (primary N) is 1. The first-order valence-corrected chi connectivity index (χ1v) is 14.4. The molecule has 0 aromatic rings. The molecule has 21 nitrogen and oxygen atoms in total. The Kier molecular flexibility index (Phi) is 14.0. The first-order chi connectivity index (χ1) is 21.6. The quantitative estimate of drug-likeness (QED) is 0.0812. The second-order valence-electron chi connectivity index (χ2n) is 11.2. The van der Waals surface area contributed by atoms with E-state index in [1.54, 1.807) is 0 Å². The van der Waals surface area contributed by atoms with Crippen molar-refractivity contribution in [3.63, 3.8) is 0 Å². The summed E-state index contributed by atoms with van der Waals surface area (Å²) in [5.74, 6) is -5.41. The second-order valence-corrected chi connectivity index (χ2v) is 11.2. The monoisotopic (exact) mass is 676 g/mol. The number of hydrogen-bond acceptors (Lipinski definition) is 19. The number of carbonyl (C=O) groups is 2. The molecule has 21 heteroatoms. The van der Waals surface area contributed by atoms with Gasteiger partial charge in [0.2, 0.25) is 5.91 Å². The third-order valence-electron chi connectivity index (χ3n) is 7.85. The molecule has 0 radical (unpaired) electrons. The number of carboxylic acid groups (broad SMARTS) is 1. The Balaban J connectivity index is 1.80. The zero-order chi connectivity index (χ0) is 34.5. The second kappa shape index (κ2) is 16.6. The summed E-state index contributed by atoms with van der Waals surface area (Å²) < 4.78 is 32.7. The van der Waals surface area contributed by atoms with Crippen molar-refractivity contribution in [3.8, 4) is 0 Å². The third-order valence-corrected chi connectivity index (χ3v) is 7.85. The highest BCUT2D eigenvalue weighted by molar-refractivity contribution is 5.76. The smallest absolute Gasteiger partial charge is 0.364 e. The van der Waals surface area contributed by atoms with E-state index in [9.17, 15) is 65.8 Å². The molecule has 0 bridgehead atoms. The van der Waals surface area contributed by atoms with E-state index in [-0.39, 0.29) is 13.2 Å². The van der Waals surface area contributed by atoms with Gasteiger partial charge in [0.1, 0.15) is 67.1 Å². The molecule has 3 fully saturated rings. The van der Waals surface area contributed by atoms with Crippen molar-refractivity contribution in [3.05, 3.63) is 0 Å². The van der Waals surface area contributed by atoms with Crippen LogP contribution in [-0.2, 0) is 38.0 Å². The highest BCUT2D eigenvalue weighted by atomic mass is 16.8. The maximum Gasteiger partial charge on any atom is 0.364 e. The van der Waals surface area contributed by atoms with Crippen LogP contribution in [0.2, 0.25) is 0 Å². The molecule has 46 heavy (non-hydrogen) atoms. The summed E-state index contributed by atoms with van der Waals surface area (Å²) >= 11 is 0. The number of ether oxygens (including phenoxy) is 6. The van der Waals surface area contributed by atoms with Gasteiger partial charge < -0.3 is 95.6 Å². The van der Waals surface area contributed by atoms with Crippen molar-refractivity contribution >= 4 is 11.9 Å². The number of hydrogen-bond donors (Lipinski definition) is 13. The lowest BCUT2D eigenvalue weighted by Crippen LogP contribution is -2.68. The van der Waals surface area contributed by atoms with Gasteiger partial charge >= 0.3 is 5.97 Å². The van der Waals surface area contributed by atoms with Gasteiger partial charge in [0.15, 0.2) is 12.6 Å². The van der Waals surface area contributed by atoms with E-state index < -0.39 is 136 Å². The van der Waals surface area contributed by atoms with Crippen molar-refractivity contribution in [2.75, 3.05) is 33.0 Å². The molecule has 3 aliphatic heterocycles. The van der Waals surface area contributed by atoms with Gasteiger partial charge in [0.25, 0.3) is 5.79 Å². The van der Waals surface area contributed by atoms with E-state index in [4.69, 9.17) is 34.2 Å². The molecule has 3 saturated heterocycles. The molecule has 14 N–H and O–H groups in total. The van der Waals surface area contributed by atoms with Crippen molar-refractivity contribution in [2.24, 2.45) is 5.73 Å². The van der Waals surface area contributed by atoms with Crippen molar-refractivity contribution in [2.45, 2.75) is 111 Å². The number of aliphatic carboxylic acids is 1. The Morgan fingerprint density at radius 3 is 2.15 bits per heavy atom. The molecule has 0 spiro atoms. The highest BCUT2D eigenvalue weighted by Crippen LogP contribution is 2.35. The molecule has 0 unspecified atom stereocenters. The fourth-order valence-corrected chi connectivity index (χ4v) is 5.36. The number of carbonyl (C=O) groups excluding carboxylic acids is 1. The number of rotatable bonds is 14. The van der Waals surface area contributed by atoms with Gasteiger partial charge in [-0.2, -0.15) is 0 Å². The number of aliphatic hydroxyl groups is 10. The lowest BCUT2D eigenvalue weighted by Gasteiger charge is -2.48. The van der Waals surface area contributed by atoms with Crippen LogP contribution < -0.4 is 11.1 Å². The fourth-order valence-electron chi connectivity index (χ4n) is 5.36. The van der Waals surface area contributed by atoms with E-state index in [1.165, 1.54) is 0 Å². The molecule has 0 aromatic carbocycles. The summed E-state index contributed by atoms with van der Waals surface area (Å²) in [6.07, 6.45) is -26.0. The standard InChI is InChI=1S/C25H44N2O19/c1-8(30)27-13-9(31)4-25(24(39)40,46-21(13)14(33)10(32)5-28)42-7-12-15(34)16(35)18(37)23(44-12)45-20-11(6-29)43-22(41-3-2-26)19(38)17(20)36/h9-23,28-29,31-38H,2-7,26H2,1H3,(H,27,30)(H,39,40)/t9-,10+,11+,12+,13+,14+,15-,16-,17+,18+,19+,20+,21+,22+,23-,25+/m0/s1. The Bertz CT molecular complexity index is 995. The molecule has 3 aliphatic rings. The van der Waals surface area contributed by atoms with E-state index in [0.29, 0.717) is 0 Å². The Labute approximate surface area is 261 Å². The van der Waals surface area contributed by atoms with E-state index >= 15 is 0 Å². The van der Waals surface area contributed by atoms with Crippen LogP contribution in [0.1, 0.15) is 13.3 Å². The van der Waals surface area contributed by atoms with Crippen LogP contribution in [-0.4, -0.2) is 199 Å². The zero-order valence-electron chi connectivity index (χ0n) is 24.7. The molecule has 1 amide bonds. The lowest BCUT2D eigenvalue weighted by atomic mass is 9.88. The maximum atomic E-state index is 12.4. The number of aliphatic hydroxyl groups excluding tert-OH is 10. The summed E-state index contributed by atoms with van der Waals surface area (Å²) in [7, 11) is 0. The average molecular weight is 677 g/mol. The Morgan fingerprint density at radius 1 is 0.957 bits per heavy atom. The number of nitrogens with one attached hydrogen (secondary N) is 1. The summed E-state index contributed by atoms with van der Waals surface area (Å²) in [4.78, 5) is 24.1. The first kappa shape index (κ1) is 38.7. The molecule has 268 valence electrons. The molecule has 3 heterocycles. The van der Waals surface area contributed by atoms with Crippen LogP contribution in [0.5, 0.6) is 0 Å². The molecule has 3 rings (SSSR count). The van der Waals surface area contributed by atoms with Gasteiger partial charge in [-0.15, -0.1) is 0 Å². The molecule has 16 atom stereocenters. The van der Waals surface area contributed by atoms with Crippen LogP contribution in [0, 0.1) is 0 Å². The molecular weight excluding hydrogens is 632 g/mol. The molecule has 0 aliphatic carbocycles. The largest absolute Gasteiger partial charge is 0.477 e. The average Bonchev–Trinajstić information content (AvgIpc) is 3.02. The van der Waals surface area contributed by atoms with Gasteiger partial charge in [-0.25, -0.2) is 4.79 Å². The predicted octanol–water partition coefficient (Wildman–Crippen LogP) is -8.24. The van der Waals surface area contributed by atoms with Crippen LogP contribution in [0.25, 0.3) is 0 Å². The lowest BCUT2D eigenvalue weighted by molar-refractivity contribution is -0.367. The normalized spacial score (nSPS) is 43.1. The number of amides is 1. The predicted molar refractivity (Wildman–Crippen MR) is 143 cm³/mol. The molecular formula is C25H44N2O19. The van der Waals surface area contributed by atoms with Gasteiger partial charge in [-0.3, -0.25) is 4.79 Å².